The lowest BCUT2D eigenvalue weighted by Gasteiger charge is -2.38. The first-order valence-corrected chi connectivity index (χ1v) is 11.7. The number of aliphatic hydroxyl groups is 1. The van der Waals surface area contributed by atoms with Crippen molar-refractivity contribution in [2.75, 3.05) is 13.9 Å². The third-order valence-electron chi connectivity index (χ3n) is 4.54. The van der Waals surface area contributed by atoms with Crippen molar-refractivity contribution in [3.05, 3.63) is 24.8 Å². The number of methoxy groups -OCH3 is 1. The fraction of sp³-hybridized carbons (Fsp3) is 0.789. The topological polar surface area (TPSA) is 47.9 Å². The average molecular weight is 359 g/mol. The quantitative estimate of drug-likeness (QED) is 0.313. The zero-order valence-electron chi connectivity index (χ0n) is 16.7. The smallest absolute Gasteiger partial charge is 0.192 e. The summed E-state index contributed by atoms with van der Waals surface area (Å²) in [5, 5.41) is 10.5. The molecule has 1 N–H and O–H groups in total. The van der Waals surface area contributed by atoms with E-state index in [0.717, 1.165) is 12.8 Å². The van der Waals surface area contributed by atoms with Gasteiger partial charge in [0.2, 0.25) is 0 Å². The van der Waals surface area contributed by atoms with E-state index in [1.165, 1.54) is 0 Å². The second-order valence-electron chi connectivity index (χ2n) is 7.82. The Morgan fingerprint density at radius 2 is 1.88 bits per heavy atom. The van der Waals surface area contributed by atoms with Crippen LogP contribution in [0.4, 0.5) is 0 Å². The Morgan fingerprint density at radius 1 is 1.25 bits per heavy atom. The molecule has 0 aromatic heterocycles. The second kappa shape index (κ2) is 11.2. The summed E-state index contributed by atoms with van der Waals surface area (Å²) < 4.78 is 16.8. The van der Waals surface area contributed by atoms with E-state index < -0.39 is 14.4 Å². The van der Waals surface area contributed by atoms with Crippen molar-refractivity contribution < 1.29 is 19.0 Å². The van der Waals surface area contributed by atoms with Crippen LogP contribution in [0.15, 0.2) is 24.8 Å². The number of allylic oxidation sites excluding steroid dienone is 1. The van der Waals surface area contributed by atoms with Gasteiger partial charge in [-0.15, -0.1) is 6.58 Å². The highest BCUT2D eigenvalue weighted by Crippen LogP contribution is 2.37. The van der Waals surface area contributed by atoms with Gasteiger partial charge in [-0.05, 0) is 44.3 Å². The first-order chi connectivity index (χ1) is 11.0. The maximum absolute atomic E-state index is 10.3. The Balaban J connectivity index is 4.50. The van der Waals surface area contributed by atoms with Crippen LogP contribution in [0.1, 0.15) is 47.0 Å². The summed E-state index contributed by atoms with van der Waals surface area (Å²) in [5.74, 6) is 0. The van der Waals surface area contributed by atoms with Gasteiger partial charge in [-0.2, -0.15) is 0 Å². The zero-order valence-corrected chi connectivity index (χ0v) is 17.7. The van der Waals surface area contributed by atoms with Crippen LogP contribution in [0.2, 0.25) is 18.1 Å². The van der Waals surface area contributed by atoms with E-state index >= 15 is 0 Å². The third kappa shape index (κ3) is 9.13. The molecule has 0 radical (unpaired) electrons. The van der Waals surface area contributed by atoms with Crippen LogP contribution in [0.3, 0.4) is 0 Å². The molecule has 0 saturated heterocycles. The molecule has 0 saturated carbocycles. The van der Waals surface area contributed by atoms with Crippen LogP contribution in [0, 0.1) is 0 Å². The van der Waals surface area contributed by atoms with Crippen molar-refractivity contribution in [2.45, 2.75) is 83.4 Å². The van der Waals surface area contributed by atoms with Gasteiger partial charge >= 0.3 is 0 Å². The van der Waals surface area contributed by atoms with Crippen molar-refractivity contribution in [3.63, 3.8) is 0 Å². The Labute approximate surface area is 150 Å². The second-order valence-corrected chi connectivity index (χ2v) is 12.6. The molecular weight excluding hydrogens is 320 g/mol. The highest BCUT2D eigenvalue weighted by Gasteiger charge is 2.38. The van der Waals surface area contributed by atoms with Gasteiger partial charge in [0.15, 0.2) is 8.32 Å². The van der Waals surface area contributed by atoms with Crippen LogP contribution in [0.5, 0.6) is 0 Å². The molecule has 1 unspecified atom stereocenters. The Morgan fingerprint density at radius 3 is 2.38 bits per heavy atom. The van der Waals surface area contributed by atoms with Gasteiger partial charge in [0.1, 0.15) is 6.79 Å². The average Bonchev–Trinajstić information content (AvgIpc) is 2.45. The molecule has 0 bridgehead atoms. The van der Waals surface area contributed by atoms with Crippen LogP contribution < -0.4 is 0 Å². The number of ether oxygens (including phenoxy) is 2. The van der Waals surface area contributed by atoms with Crippen molar-refractivity contribution in [3.8, 4) is 0 Å². The van der Waals surface area contributed by atoms with Gasteiger partial charge < -0.3 is 19.0 Å². The van der Waals surface area contributed by atoms with E-state index in [9.17, 15) is 5.11 Å². The molecule has 0 amide bonds. The van der Waals surface area contributed by atoms with Crippen molar-refractivity contribution in [2.24, 2.45) is 0 Å². The standard InChI is InChI=1S/C19H38O4Si/c1-9-10-14-18(22-15-21-6)17(20)13-11-12-16(2)23-24(7,8)19(3,4)5/h9,11,13,16-18,20H,1,10,12,14-15H2,2-8H3/b13-11+/t16-,17?,18-/m0/s1. The minimum atomic E-state index is -1.75. The summed E-state index contributed by atoms with van der Waals surface area (Å²) in [6, 6.07) is 0. The lowest BCUT2D eigenvalue weighted by molar-refractivity contribution is -0.104. The molecule has 0 aliphatic carbocycles. The monoisotopic (exact) mass is 358 g/mol. The lowest BCUT2D eigenvalue weighted by atomic mass is 10.1. The number of aliphatic hydroxyl groups excluding tert-OH is 1. The van der Waals surface area contributed by atoms with Crippen LogP contribution in [-0.2, 0) is 13.9 Å². The van der Waals surface area contributed by atoms with Crippen LogP contribution in [0.25, 0.3) is 0 Å². The molecule has 0 aliphatic heterocycles. The number of rotatable bonds is 12. The van der Waals surface area contributed by atoms with Gasteiger partial charge in [0.25, 0.3) is 0 Å². The van der Waals surface area contributed by atoms with Gasteiger partial charge in [0.05, 0.1) is 12.2 Å². The normalized spacial score (nSPS) is 17.0. The van der Waals surface area contributed by atoms with Gasteiger partial charge in [-0.1, -0.05) is 39.0 Å². The highest BCUT2D eigenvalue weighted by molar-refractivity contribution is 6.74. The minimum absolute atomic E-state index is 0.140. The van der Waals surface area contributed by atoms with Gasteiger partial charge in [0, 0.05) is 13.2 Å². The lowest BCUT2D eigenvalue weighted by Crippen LogP contribution is -2.43. The van der Waals surface area contributed by atoms with Crippen molar-refractivity contribution in [1.29, 1.82) is 0 Å². The van der Waals surface area contributed by atoms with E-state index in [2.05, 4.69) is 47.4 Å². The summed E-state index contributed by atoms with van der Waals surface area (Å²) >= 11 is 0. The fourth-order valence-corrected chi connectivity index (χ4v) is 3.51. The molecule has 5 heteroatoms. The summed E-state index contributed by atoms with van der Waals surface area (Å²) in [6.07, 6.45) is 7.11. The van der Waals surface area contributed by atoms with Gasteiger partial charge in [-0.3, -0.25) is 0 Å². The molecule has 0 aromatic carbocycles. The molecule has 3 atom stereocenters. The van der Waals surface area contributed by atoms with Gasteiger partial charge in [-0.25, -0.2) is 0 Å². The molecule has 4 nitrogen and oxygen atoms in total. The third-order valence-corrected chi connectivity index (χ3v) is 9.14. The maximum Gasteiger partial charge on any atom is 0.192 e. The molecule has 0 fully saturated rings. The van der Waals surface area contributed by atoms with E-state index in [-0.39, 0.29) is 24.0 Å². The number of hydrogen-bond donors (Lipinski definition) is 1. The minimum Gasteiger partial charge on any atom is -0.414 e. The molecule has 0 rings (SSSR count). The summed E-state index contributed by atoms with van der Waals surface area (Å²) in [4.78, 5) is 0. The Bertz CT molecular complexity index is 374. The van der Waals surface area contributed by atoms with E-state index in [1.54, 1.807) is 13.2 Å². The summed E-state index contributed by atoms with van der Waals surface area (Å²) in [6.45, 7) is 17.2. The first-order valence-electron chi connectivity index (χ1n) is 8.79. The maximum atomic E-state index is 10.3. The molecule has 142 valence electrons. The molecule has 0 aromatic rings. The molecule has 24 heavy (non-hydrogen) atoms. The Hall–Kier alpha value is -0.463. The largest absolute Gasteiger partial charge is 0.414 e. The van der Waals surface area contributed by atoms with Crippen LogP contribution >= 0.6 is 0 Å². The van der Waals surface area contributed by atoms with E-state index in [1.807, 2.05) is 12.2 Å². The van der Waals surface area contributed by atoms with E-state index in [0.29, 0.717) is 6.42 Å². The van der Waals surface area contributed by atoms with E-state index in [4.69, 9.17) is 13.9 Å². The highest BCUT2D eigenvalue weighted by atomic mass is 28.4. The summed E-state index contributed by atoms with van der Waals surface area (Å²) in [7, 11) is -0.175. The van der Waals surface area contributed by atoms with Crippen molar-refractivity contribution in [1.82, 2.24) is 0 Å². The predicted molar refractivity (Wildman–Crippen MR) is 104 cm³/mol. The molecular formula is C19H38O4Si. The predicted octanol–water partition coefficient (Wildman–Crippen LogP) is 4.66. The molecule has 0 heterocycles. The van der Waals surface area contributed by atoms with Crippen molar-refractivity contribution >= 4 is 8.32 Å². The number of hydrogen-bond acceptors (Lipinski definition) is 4. The Kier molecular flexibility index (Phi) is 11.0. The molecule has 0 aliphatic rings. The summed E-state index contributed by atoms with van der Waals surface area (Å²) in [5.41, 5.74) is 0. The first kappa shape index (κ1) is 23.5. The van der Waals surface area contributed by atoms with Crippen LogP contribution in [-0.4, -0.2) is 45.6 Å². The fourth-order valence-electron chi connectivity index (χ4n) is 2.05. The molecule has 0 spiro atoms. The SMILES string of the molecule is C=CCC[C@H](OCOC)C(O)/C=C/C[C@H](C)O[Si](C)(C)C(C)(C)C. The zero-order chi connectivity index (χ0) is 18.8.